The van der Waals surface area contributed by atoms with Crippen LogP contribution in [0.25, 0.3) is 21.8 Å². The van der Waals surface area contributed by atoms with Gasteiger partial charge in [0.15, 0.2) is 11.6 Å². The average Bonchev–Trinajstić information content (AvgIpc) is 1.59. The number of aromatic nitrogens is 2. The van der Waals surface area contributed by atoms with E-state index in [1.165, 1.54) is 37.9 Å². The van der Waals surface area contributed by atoms with Crippen LogP contribution in [0.2, 0.25) is 0 Å². The number of Topliss-reactive ketones (excluding diaryl/α,β-unsaturated/α-hetero) is 2. The molecule has 4 N–H and O–H groups in total. The number of nitrogens with one attached hydrogen (secondary N) is 4. The number of hydrogen-bond donors (Lipinski definition) is 4. The summed E-state index contributed by atoms with van der Waals surface area (Å²) in [4.78, 5) is 145. The number of pyridine rings is 2. The predicted octanol–water partition coefficient (Wildman–Crippen LogP) is 9.91. The fourth-order valence-corrected chi connectivity index (χ4v) is 12.9. The van der Waals surface area contributed by atoms with Gasteiger partial charge in [-0.05, 0) is 142 Å². The van der Waals surface area contributed by atoms with Gasteiger partial charge in [0.05, 0.1) is 38.3 Å². The zero-order chi connectivity index (χ0) is 71.6. The van der Waals surface area contributed by atoms with E-state index in [-0.39, 0.29) is 60.7 Å². The summed E-state index contributed by atoms with van der Waals surface area (Å²) >= 11 is 0. The van der Waals surface area contributed by atoms with Crippen molar-refractivity contribution in [3.8, 4) is 11.5 Å². The maximum Gasteiger partial charge on any atom is 0.408 e. The maximum atomic E-state index is 14.4. The molecule has 3 aliphatic heterocycles. The standard InChI is InChI=1S/C38H50N4O8.C36H46N4O8/c1-9-11-12-13-14-15-28(40-36(47)50-37(5,6)7)34(45)42-22-26(19-31(42)33(44)41-38(35(46)48-8)21-25(38)10-2)49-32-20-29(24(4)43)39-30-18-23(3)16-17-27(30)32;1-21-14-15-25-28(16-21)37-27(22(2)41)18-30(25)47-24-17-29-31(42)39-36(33(44)46-6)19-23(36)12-10-8-7-9-11-13-26(32(43)40(29)20-24)38-34(45)48-35(3,4)5/h9-10,16-18,20,25-26,28,31H,1-2,11-15,19,21-22H2,3-8H3,(H,40,47)(H,41,44);10,12,14-16,18,23-24,26,29H,7-9,11,13,17,19-20H2,1-6H3,(H,38,45)(H,39,42)/b;12-10-/t25?,26-,28+,31+,38-;23?,24-,26+,29+,36-/m11/s1. The summed E-state index contributed by atoms with van der Waals surface area (Å²) in [6.07, 6.45) is 12.4. The molecule has 9 rings (SSSR count). The van der Waals surface area contributed by atoms with Gasteiger partial charge in [0, 0.05) is 61.4 Å². The Balaban J connectivity index is 0.000000250. The minimum absolute atomic E-state index is 0.00107. The van der Waals surface area contributed by atoms with E-state index in [0.29, 0.717) is 71.8 Å². The average molecular weight is 1350 g/mol. The summed E-state index contributed by atoms with van der Waals surface area (Å²) in [6.45, 7) is 24.7. The van der Waals surface area contributed by atoms with Crippen LogP contribution < -0.4 is 30.7 Å². The van der Waals surface area contributed by atoms with E-state index < -0.39 is 106 Å². The first-order valence-electron chi connectivity index (χ1n) is 33.8. The smallest absolute Gasteiger partial charge is 0.408 e. The van der Waals surface area contributed by atoms with Gasteiger partial charge in [-0.2, -0.15) is 0 Å². The molecule has 2 aliphatic carbocycles. The Kier molecular flexibility index (Phi) is 24.0. The molecular weight excluding hydrogens is 1260 g/mol. The Bertz CT molecular complexity index is 3760. The van der Waals surface area contributed by atoms with E-state index in [1.807, 2.05) is 68.5 Å². The molecule has 0 spiro atoms. The van der Waals surface area contributed by atoms with Crippen molar-refractivity contribution in [2.24, 2.45) is 11.8 Å². The molecule has 6 amide bonds. The highest BCUT2D eigenvalue weighted by molar-refractivity contribution is 6.00. The van der Waals surface area contributed by atoms with Crippen molar-refractivity contribution < 1.29 is 76.4 Å². The number of aryl methyl sites for hydroxylation is 2. The lowest BCUT2D eigenvalue weighted by atomic mass is 10.0. The molecule has 2 saturated heterocycles. The van der Waals surface area contributed by atoms with Crippen molar-refractivity contribution >= 4 is 81.1 Å². The number of esters is 2. The lowest BCUT2D eigenvalue weighted by Crippen LogP contribution is -2.56. The van der Waals surface area contributed by atoms with E-state index in [4.69, 9.17) is 28.4 Å². The molecule has 24 heteroatoms. The highest BCUT2D eigenvalue weighted by Gasteiger charge is 2.63. The summed E-state index contributed by atoms with van der Waals surface area (Å²) in [7, 11) is 2.54. The molecule has 5 heterocycles. The fraction of sp³-hybridized carbons (Fsp3) is 0.541. The van der Waals surface area contributed by atoms with Crippen LogP contribution in [0.4, 0.5) is 9.59 Å². The first-order valence-corrected chi connectivity index (χ1v) is 33.8. The zero-order valence-electron chi connectivity index (χ0n) is 58.6. The Morgan fingerprint density at radius 1 is 0.735 bits per heavy atom. The summed E-state index contributed by atoms with van der Waals surface area (Å²) in [5, 5.41) is 12.6. The van der Waals surface area contributed by atoms with Crippen LogP contribution in [0.5, 0.6) is 11.5 Å². The van der Waals surface area contributed by atoms with Crippen LogP contribution in [0, 0.1) is 25.7 Å². The van der Waals surface area contributed by atoms with Crippen molar-refractivity contribution in [3.63, 3.8) is 0 Å². The molecule has 0 radical (unpaired) electrons. The van der Waals surface area contributed by atoms with Gasteiger partial charge >= 0.3 is 24.1 Å². The minimum atomic E-state index is -1.28. The monoisotopic (exact) mass is 1350 g/mol. The van der Waals surface area contributed by atoms with Gasteiger partial charge in [-0.1, -0.05) is 62.1 Å². The number of nitrogens with zero attached hydrogens (tertiary/aromatic N) is 4. The van der Waals surface area contributed by atoms with Crippen LogP contribution in [-0.4, -0.2) is 165 Å². The van der Waals surface area contributed by atoms with E-state index in [9.17, 15) is 47.9 Å². The molecular formula is C74H96N8O16. The summed E-state index contributed by atoms with van der Waals surface area (Å²) in [6, 6.07) is 10.4. The second-order valence-electron chi connectivity index (χ2n) is 28.3. The van der Waals surface area contributed by atoms with Gasteiger partial charge in [0.1, 0.15) is 81.5 Å². The molecule has 24 nitrogen and oxygen atoms in total. The Morgan fingerprint density at radius 3 is 1.88 bits per heavy atom. The number of benzene rings is 2. The third kappa shape index (κ3) is 18.5. The van der Waals surface area contributed by atoms with Crippen LogP contribution >= 0.6 is 0 Å². The van der Waals surface area contributed by atoms with E-state index in [2.05, 4.69) is 44.4 Å². The number of carbonyl (C=O) groups excluding carboxylic acids is 10. The maximum absolute atomic E-state index is 14.4. The first kappa shape index (κ1) is 74.6. The van der Waals surface area contributed by atoms with Crippen molar-refractivity contribution in [2.45, 2.75) is 218 Å². The fourth-order valence-electron chi connectivity index (χ4n) is 12.9. The third-order valence-electron chi connectivity index (χ3n) is 18.1. The molecule has 10 atom stereocenters. The number of unbranched alkanes of at least 4 members (excludes halogenated alkanes) is 3. The SMILES string of the molecule is C=CCCCCC[C@H](NC(=O)OC(C)(C)C)C(=O)N1C[C@H](Oc2cc(C(C)=O)nc3cc(C)ccc23)C[C@H]1C(=O)N[C@]1(C(=O)OC)CC1C=C.COC(=O)[C@@]12CC1/C=C\CCCCC[C@H](NC(=O)OC(C)(C)C)C(=O)N1C[C@H](Oc3cc(C(C)=O)nc4cc(C)ccc34)C[C@H]1C(=O)N2. The van der Waals surface area contributed by atoms with Gasteiger partial charge in [0.25, 0.3) is 0 Å². The lowest BCUT2D eigenvalue weighted by Gasteiger charge is -2.30. The van der Waals surface area contributed by atoms with E-state index in [0.717, 1.165) is 49.7 Å². The van der Waals surface area contributed by atoms with Crippen LogP contribution in [0.15, 0.2) is 86.0 Å². The number of allylic oxidation sites excluding steroid dienone is 2. The van der Waals surface area contributed by atoms with Gasteiger partial charge in [-0.25, -0.2) is 29.1 Å². The minimum Gasteiger partial charge on any atom is -0.488 e. The number of ether oxygens (including phenoxy) is 6. The lowest BCUT2D eigenvalue weighted by molar-refractivity contribution is -0.148. The van der Waals surface area contributed by atoms with Crippen LogP contribution in [0.3, 0.4) is 0 Å². The van der Waals surface area contributed by atoms with Crippen molar-refractivity contribution in [1.29, 1.82) is 0 Å². The molecule has 98 heavy (non-hydrogen) atoms. The number of alkyl carbamates (subject to hydrolysis) is 2. The van der Waals surface area contributed by atoms with Crippen molar-refractivity contribution in [3.05, 3.63) is 109 Å². The van der Waals surface area contributed by atoms with Crippen molar-refractivity contribution in [1.82, 2.24) is 41.0 Å². The number of amides is 6. The molecule has 0 bridgehead atoms. The van der Waals surface area contributed by atoms with E-state index in [1.54, 1.807) is 59.8 Å². The summed E-state index contributed by atoms with van der Waals surface area (Å²) < 4.78 is 34.1. The highest BCUT2D eigenvalue weighted by Crippen LogP contribution is 2.47. The number of likely N-dealkylation sites (tertiary alicyclic amines) is 1. The second-order valence-corrected chi connectivity index (χ2v) is 28.3. The molecule has 2 unspecified atom stereocenters. The van der Waals surface area contributed by atoms with Gasteiger partial charge in [0.2, 0.25) is 23.6 Å². The van der Waals surface area contributed by atoms with Gasteiger partial charge in [-0.3, -0.25) is 28.8 Å². The molecule has 2 aromatic carbocycles. The topological polar surface area (TPSA) is 306 Å². The number of fused-ring (bicyclic) bond motifs is 4. The van der Waals surface area contributed by atoms with Crippen molar-refractivity contribution in [2.75, 3.05) is 27.3 Å². The van der Waals surface area contributed by atoms with E-state index >= 15 is 0 Å². The number of hydrogen-bond acceptors (Lipinski definition) is 18. The largest absolute Gasteiger partial charge is 0.488 e. The molecule has 4 fully saturated rings. The Labute approximate surface area is 573 Å². The third-order valence-corrected chi connectivity index (χ3v) is 18.1. The summed E-state index contributed by atoms with van der Waals surface area (Å²) in [5.74, 6) is -3.35. The highest BCUT2D eigenvalue weighted by atomic mass is 16.6. The number of ketones is 2. The predicted molar refractivity (Wildman–Crippen MR) is 366 cm³/mol. The second kappa shape index (κ2) is 31.5. The Hall–Kier alpha value is -9.22. The number of rotatable bonds is 20. The normalized spacial score (nSPS) is 24.4. The molecule has 5 aliphatic rings. The van der Waals surface area contributed by atoms with Gasteiger partial charge in [-0.15, -0.1) is 13.2 Å². The Morgan fingerprint density at radius 2 is 1.33 bits per heavy atom. The number of carbonyl (C=O) groups is 10. The molecule has 2 aromatic heterocycles. The molecule has 4 aromatic rings. The van der Waals surface area contributed by atoms with Crippen LogP contribution in [0.1, 0.15) is 177 Å². The van der Waals surface area contributed by atoms with Gasteiger partial charge < -0.3 is 59.5 Å². The van der Waals surface area contributed by atoms with Crippen LogP contribution in [-0.2, 0) is 47.7 Å². The zero-order valence-corrected chi connectivity index (χ0v) is 58.6. The number of methoxy groups -OCH3 is 2. The molecule has 528 valence electrons. The molecule has 2 saturated carbocycles. The quantitative estimate of drug-likeness (QED) is 0.0210. The summed E-state index contributed by atoms with van der Waals surface area (Å²) in [5.41, 5.74) is -0.528. The first-order chi connectivity index (χ1) is 46.3.